The third kappa shape index (κ3) is 3.89. The zero-order valence-corrected chi connectivity index (χ0v) is 15.5. The van der Waals surface area contributed by atoms with Gasteiger partial charge in [-0.1, -0.05) is 72.8 Å². The first-order chi connectivity index (χ1) is 13.8. The Hall–Kier alpha value is -2.39. The van der Waals surface area contributed by atoms with E-state index in [-0.39, 0.29) is 35.5 Å². The molecule has 0 aromatic heterocycles. The normalized spacial score (nSPS) is 11.0. The van der Waals surface area contributed by atoms with Crippen molar-refractivity contribution in [1.82, 2.24) is 0 Å². The molecule has 138 valence electrons. The number of hydrogen-bond acceptors (Lipinski definition) is 2. The number of hydrogen-bond donors (Lipinski definition) is 0. The second kappa shape index (κ2) is 8.54. The van der Waals surface area contributed by atoms with Gasteiger partial charge in [0, 0.05) is 17.2 Å². The molecule has 29 heavy (non-hydrogen) atoms. The molecular formula is C26H21NaO2. The SMILES string of the molecule is O=C(CCCc1ccccc1)Oc1ccc2ccc3cccc4ccc1c2c34.[NaH]. The van der Waals surface area contributed by atoms with Gasteiger partial charge in [0.2, 0.25) is 0 Å². The third-order valence-corrected chi connectivity index (χ3v) is 5.40. The van der Waals surface area contributed by atoms with Crippen LogP contribution in [0.1, 0.15) is 18.4 Å². The van der Waals surface area contributed by atoms with Gasteiger partial charge < -0.3 is 4.74 Å². The minimum absolute atomic E-state index is 0. The van der Waals surface area contributed by atoms with Crippen LogP contribution in [0.2, 0.25) is 0 Å². The summed E-state index contributed by atoms with van der Waals surface area (Å²) in [7, 11) is 0. The number of benzene rings is 5. The molecule has 0 aliphatic heterocycles. The van der Waals surface area contributed by atoms with Crippen molar-refractivity contribution in [3.63, 3.8) is 0 Å². The Labute approximate surface area is 192 Å². The monoisotopic (exact) mass is 388 g/mol. The van der Waals surface area contributed by atoms with Gasteiger partial charge in [0.1, 0.15) is 5.75 Å². The Balaban J connectivity index is 0.00000205. The zero-order chi connectivity index (χ0) is 18.9. The number of aryl methyl sites for hydroxylation is 1. The first-order valence-corrected chi connectivity index (χ1v) is 9.71. The molecule has 2 nitrogen and oxygen atoms in total. The number of carbonyl (C=O) groups is 1. The molecule has 0 spiro atoms. The summed E-state index contributed by atoms with van der Waals surface area (Å²) in [5.74, 6) is 0.474. The van der Waals surface area contributed by atoms with Gasteiger partial charge >= 0.3 is 35.5 Å². The topological polar surface area (TPSA) is 26.3 Å². The van der Waals surface area contributed by atoms with Crippen molar-refractivity contribution in [3.05, 3.63) is 90.5 Å². The molecule has 0 amide bonds. The van der Waals surface area contributed by atoms with E-state index in [0.717, 1.165) is 18.2 Å². The average molecular weight is 388 g/mol. The van der Waals surface area contributed by atoms with Crippen LogP contribution >= 0.6 is 0 Å². The molecule has 0 fully saturated rings. The molecule has 0 heterocycles. The van der Waals surface area contributed by atoms with Crippen LogP contribution < -0.4 is 4.74 Å². The first kappa shape index (κ1) is 19.9. The van der Waals surface area contributed by atoms with Gasteiger partial charge in [0.05, 0.1) is 0 Å². The fraction of sp³-hybridized carbons (Fsp3) is 0.115. The van der Waals surface area contributed by atoms with Crippen LogP contribution in [0.3, 0.4) is 0 Å². The van der Waals surface area contributed by atoms with Crippen molar-refractivity contribution < 1.29 is 9.53 Å². The van der Waals surface area contributed by atoms with Crippen LogP contribution in [-0.4, -0.2) is 35.5 Å². The molecule has 0 unspecified atom stereocenters. The Morgan fingerprint density at radius 2 is 1.34 bits per heavy atom. The molecule has 0 aliphatic rings. The zero-order valence-electron chi connectivity index (χ0n) is 15.5. The van der Waals surface area contributed by atoms with E-state index in [9.17, 15) is 4.79 Å². The fourth-order valence-electron chi connectivity index (χ4n) is 4.05. The van der Waals surface area contributed by atoms with Crippen molar-refractivity contribution in [1.29, 1.82) is 0 Å². The van der Waals surface area contributed by atoms with E-state index in [1.165, 1.54) is 32.5 Å². The maximum atomic E-state index is 12.4. The summed E-state index contributed by atoms with van der Waals surface area (Å²) in [6.07, 6.45) is 2.08. The molecule has 0 aliphatic carbocycles. The molecule has 5 aromatic rings. The van der Waals surface area contributed by atoms with Crippen LogP contribution in [0, 0.1) is 0 Å². The van der Waals surface area contributed by atoms with E-state index < -0.39 is 0 Å². The van der Waals surface area contributed by atoms with Gasteiger partial charge in [-0.2, -0.15) is 0 Å². The molecule has 5 aromatic carbocycles. The van der Waals surface area contributed by atoms with Gasteiger partial charge in [-0.25, -0.2) is 0 Å². The average Bonchev–Trinajstić information content (AvgIpc) is 2.74. The van der Waals surface area contributed by atoms with Crippen LogP contribution in [0.4, 0.5) is 0 Å². The summed E-state index contributed by atoms with van der Waals surface area (Å²) in [6, 6.07) is 29.0. The molecule has 0 N–H and O–H groups in total. The van der Waals surface area contributed by atoms with Gasteiger partial charge in [-0.3, -0.25) is 4.79 Å². The standard InChI is InChI=1S/C26H20O2.Na.H/c27-24(11-4-8-18-6-2-1-3-7-18)28-23-17-15-21-13-12-19-9-5-10-20-14-16-22(23)26(21)25(19)20;;/h1-3,5-7,9-10,12-17H,4,8,11H2;;. The Morgan fingerprint density at radius 3 is 2.10 bits per heavy atom. The molecule has 0 saturated carbocycles. The number of esters is 1. The van der Waals surface area contributed by atoms with E-state index >= 15 is 0 Å². The van der Waals surface area contributed by atoms with Crippen LogP contribution in [0.15, 0.2) is 84.9 Å². The number of rotatable bonds is 5. The van der Waals surface area contributed by atoms with E-state index in [2.05, 4.69) is 54.6 Å². The van der Waals surface area contributed by atoms with Gasteiger partial charge in [0.15, 0.2) is 0 Å². The van der Waals surface area contributed by atoms with E-state index in [0.29, 0.717) is 12.2 Å². The van der Waals surface area contributed by atoms with Crippen molar-refractivity contribution in [2.24, 2.45) is 0 Å². The second-order valence-corrected chi connectivity index (χ2v) is 7.23. The first-order valence-electron chi connectivity index (χ1n) is 9.71. The molecule has 0 bridgehead atoms. The second-order valence-electron chi connectivity index (χ2n) is 7.23. The quantitative estimate of drug-likeness (QED) is 0.163. The van der Waals surface area contributed by atoms with E-state index in [4.69, 9.17) is 4.74 Å². The predicted octanol–water partition coefficient (Wildman–Crippen LogP) is 5.86. The van der Waals surface area contributed by atoms with Gasteiger partial charge in [0.25, 0.3) is 0 Å². The summed E-state index contributed by atoms with van der Waals surface area (Å²) in [4.78, 5) is 12.4. The fourth-order valence-corrected chi connectivity index (χ4v) is 4.05. The van der Waals surface area contributed by atoms with E-state index in [1.807, 2.05) is 30.3 Å². The summed E-state index contributed by atoms with van der Waals surface area (Å²) < 4.78 is 5.77. The Morgan fingerprint density at radius 1 is 0.690 bits per heavy atom. The van der Waals surface area contributed by atoms with Gasteiger partial charge in [-0.15, -0.1) is 0 Å². The molecular weight excluding hydrogens is 367 g/mol. The molecule has 0 saturated heterocycles. The summed E-state index contributed by atoms with van der Waals surface area (Å²) in [6.45, 7) is 0. The Bertz CT molecular complexity index is 1260. The molecule has 0 radical (unpaired) electrons. The minimum atomic E-state index is -0.175. The number of ether oxygens (including phenoxy) is 1. The summed E-state index contributed by atoms with van der Waals surface area (Å²) in [5, 5.41) is 7.00. The molecule has 3 heteroatoms. The predicted molar refractivity (Wildman–Crippen MR) is 122 cm³/mol. The van der Waals surface area contributed by atoms with Crippen molar-refractivity contribution >= 4 is 67.8 Å². The third-order valence-electron chi connectivity index (χ3n) is 5.40. The summed E-state index contributed by atoms with van der Waals surface area (Å²) >= 11 is 0. The van der Waals surface area contributed by atoms with Crippen LogP contribution in [0.5, 0.6) is 5.75 Å². The Kier molecular flexibility index (Phi) is 5.86. The van der Waals surface area contributed by atoms with Gasteiger partial charge in [-0.05, 0) is 52.1 Å². The molecule has 5 rings (SSSR count). The summed E-state index contributed by atoms with van der Waals surface area (Å²) in [5.41, 5.74) is 1.25. The maximum absolute atomic E-state index is 12.4. The van der Waals surface area contributed by atoms with E-state index in [1.54, 1.807) is 0 Å². The van der Waals surface area contributed by atoms with Crippen molar-refractivity contribution in [3.8, 4) is 5.75 Å². The van der Waals surface area contributed by atoms with Crippen molar-refractivity contribution in [2.75, 3.05) is 0 Å². The number of carbonyl (C=O) groups excluding carboxylic acids is 1. The van der Waals surface area contributed by atoms with Crippen molar-refractivity contribution in [2.45, 2.75) is 19.3 Å². The van der Waals surface area contributed by atoms with Crippen LogP contribution in [-0.2, 0) is 11.2 Å². The molecule has 0 atom stereocenters. The van der Waals surface area contributed by atoms with Crippen LogP contribution in [0.25, 0.3) is 32.3 Å².